The Morgan fingerprint density at radius 3 is 2.29 bits per heavy atom. The molecule has 0 saturated carbocycles. The van der Waals surface area contributed by atoms with Gasteiger partial charge in [-0.2, -0.15) is 0 Å². The van der Waals surface area contributed by atoms with Crippen LogP contribution in [0.1, 0.15) is 34.6 Å². The van der Waals surface area contributed by atoms with Crippen molar-refractivity contribution in [3.8, 4) is 0 Å². The molecule has 3 nitrogen and oxygen atoms in total. The van der Waals surface area contributed by atoms with Crippen LogP contribution in [0.15, 0.2) is 4.99 Å². The Morgan fingerprint density at radius 2 is 1.93 bits per heavy atom. The molecule has 0 aromatic rings. The molecule has 1 heterocycles. The number of hydrogen-bond donors (Lipinski definition) is 1. The second-order valence-electron chi connectivity index (χ2n) is 5.07. The summed E-state index contributed by atoms with van der Waals surface area (Å²) in [5.41, 5.74) is -0.125. The van der Waals surface area contributed by atoms with Crippen molar-refractivity contribution >= 4 is 5.90 Å². The van der Waals surface area contributed by atoms with E-state index in [4.69, 9.17) is 4.74 Å². The minimum atomic E-state index is -0.373. The van der Waals surface area contributed by atoms with Crippen LogP contribution in [-0.4, -0.2) is 29.3 Å². The normalized spacial score (nSPS) is 24.4. The quantitative estimate of drug-likeness (QED) is 0.753. The van der Waals surface area contributed by atoms with Gasteiger partial charge in [0.1, 0.15) is 6.61 Å². The molecule has 0 aromatic carbocycles. The van der Waals surface area contributed by atoms with Gasteiger partial charge >= 0.3 is 0 Å². The Hall–Kier alpha value is -0.570. The third-order valence-electron chi connectivity index (χ3n) is 2.57. The summed E-state index contributed by atoms with van der Waals surface area (Å²) in [6.45, 7) is 10.7. The lowest BCUT2D eigenvalue weighted by atomic mass is 9.95. The van der Waals surface area contributed by atoms with Gasteiger partial charge in [-0.25, -0.2) is 4.99 Å². The smallest absolute Gasteiger partial charge is 0.189 e. The number of hydrogen-bond acceptors (Lipinski definition) is 3. The Balaban J connectivity index is 2.67. The van der Waals surface area contributed by atoms with E-state index in [1.54, 1.807) is 0 Å². The first kappa shape index (κ1) is 11.5. The van der Waals surface area contributed by atoms with E-state index in [1.165, 1.54) is 0 Å². The lowest BCUT2D eigenvalue weighted by Gasteiger charge is -2.21. The lowest BCUT2D eigenvalue weighted by molar-refractivity contribution is 0.0884. The van der Waals surface area contributed by atoms with Gasteiger partial charge in [-0.15, -0.1) is 0 Å². The van der Waals surface area contributed by atoms with E-state index in [0.717, 1.165) is 0 Å². The van der Waals surface area contributed by atoms with Crippen LogP contribution >= 0.6 is 0 Å². The van der Waals surface area contributed by atoms with E-state index < -0.39 is 0 Å². The average molecular weight is 199 g/mol. The molecule has 82 valence electrons. The first-order valence-corrected chi connectivity index (χ1v) is 5.24. The molecule has 1 N–H and O–H groups in total. The highest BCUT2D eigenvalue weighted by molar-refractivity contribution is 5.80. The summed E-state index contributed by atoms with van der Waals surface area (Å²) in [5.74, 6) is 0.938. The van der Waals surface area contributed by atoms with Gasteiger partial charge in [0.2, 0.25) is 0 Å². The second kappa shape index (κ2) is 3.89. The summed E-state index contributed by atoms with van der Waals surface area (Å²) in [5, 5.41) is 9.86. The zero-order chi connectivity index (χ0) is 10.9. The van der Waals surface area contributed by atoms with Gasteiger partial charge < -0.3 is 9.84 Å². The van der Waals surface area contributed by atoms with Crippen LogP contribution in [0, 0.1) is 11.8 Å². The summed E-state index contributed by atoms with van der Waals surface area (Å²) in [7, 11) is 0. The van der Waals surface area contributed by atoms with Gasteiger partial charge in [-0.05, 0) is 19.8 Å². The maximum Gasteiger partial charge on any atom is 0.189 e. The minimum Gasteiger partial charge on any atom is -0.478 e. The van der Waals surface area contributed by atoms with Gasteiger partial charge in [-0.3, -0.25) is 0 Å². The van der Waals surface area contributed by atoms with Crippen LogP contribution in [0.5, 0.6) is 0 Å². The molecule has 0 amide bonds. The zero-order valence-corrected chi connectivity index (χ0v) is 9.74. The Kier molecular flexibility index (Phi) is 3.20. The molecular formula is C11H21NO2. The Labute approximate surface area is 86.2 Å². The number of ether oxygens (including phenoxy) is 1. The van der Waals surface area contributed by atoms with Crippen molar-refractivity contribution in [3.63, 3.8) is 0 Å². The number of aliphatic hydroxyl groups is 1. The summed E-state index contributed by atoms with van der Waals surface area (Å²) in [4.78, 5) is 4.46. The molecule has 0 aliphatic carbocycles. The summed E-state index contributed by atoms with van der Waals surface area (Å²) in [6.07, 6.45) is -0.373. The fourth-order valence-corrected chi connectivity index (χ4v) is 1.57. The number of rotatable bonds is 3. The van der Waals surface area contributed by atoms with Gasteiger partial charge in [0.25, 0.3) is 0 Å². The summed E-state index contributed by atoms with van der Waals surface area (Å²) >= 11 is 0. The van der Waals surface area contributed by atoms with E-state index in [0.29, 0.717) is 12.5 Å². The molecule has 1 aliphatic rings. The molecule has 0 fully saturated rings. The van der Waals surface area contributed by atoms with E-state index in [9.17, 15) is 5.11 Å². The van der Waals surface area contributed by atoms with Gasteiger partial charge in [0.05, 0.1) is 17.6 Å². The van der Waals surface area contributed by atoms with Crippen LogP contribution < -0.4 is 0 Å². The van der Waals surface area contributed by atoms with Crippen molar-refractivity contribution in [2.24, 2.45) is 16.8 Å². The molecule has 0 saturated heterocycles. The standard InChI is InChI=1S/C11H21NO2/c1-7(2)9(13)8(3)10-12-11(4,5)6-14-10/h7-9,13H,6H2,1-5H3. The van der Waals surface area contributed by atoms with Crippen LogP contribution in [0.4, 0.5) is 0 Å². The maximum absolute atomic E-state index is 9.86. The second-order valence-corrected chi connectivity index (χ2v) is 5.07. The summed E-state index contributed by atoms with van der Waals surface area (Å²) < 4.78 is 5.49. The van der Waals surface area contributed by atoms with E-state index in [2.05, 4.69) is 4.99 Å². The molecule has 0 aromatic heterocycles. The van der Waals surface area contributed by atoms with Crippen molar-refractivity contribution in [1.29, 1.82) is 0 Å². The van der Waals surface area contributed by atoms with Crippen LogP contribution in [0.2, 0.25) is 0 Å². The fraction of sp³-hybridized carbons (Fsp3) is 0.909. The molecule has 1 rings (SSSR count). The molecule has 2 unspecified atom stereocenters. The van der Waals surface area contributed by atoms with Crippen molar-refractivity contribution < 1.29 is 9.84 Å². The van der Waals surface area contributed by atoms with Crippen LogP contribution in [0.25, 0.3) is 0 Å². The van der Waals surface area contributed by atoms with Gasteiger partial charge in [0.15, 0.2) is 5.90 Å². The fourth-order valence-electron chi connectivity index (χ4n) is 1.57. The first-order valence-electron chi connectivity index (χ1n) is 5.24. The van der Waals surface area contributed by atoms with E-state index in [-0.39, 0.29) is 23.5 Å². The SMILES string of the molecule is CC(C)C(O)C(C)C1=NC(C)(C)CO1. The Morgan fingerprint density at radius 1 is 1.36 bits per heavy atom. The molecule has 0 radical (unpaired) electrons. The van der Waals surface area contributed by atoms with Crippen LogP contribution in [-0.2, 0) is 4.74 Å². The van der Waals surface area contributed by atoms with Gasteiger partial charge in [0, 0.05) is 0 Å². The zero-order valence-electron chi connectivity index (χ0n) is 9.74. The van der Waals surface area contributed by atoms with Crippen LogP contribution in [0.3, 0.4) is 0 Å². The number of nitrogens with zero attached hydrogens (tertiary/aromatic N) is 1. The number of aliphatic hydroxyl groups excluding tert-OH is 1. The third kappa shape index (κ3) is 2.47. The van der Waals surface area contributed by atoms with Crippen molar-refractivity contribution in [1.82, 2.24) is 0 Å². The minimum absolute atomic E-state index is 0.00299. The Bertz CT molecular complexity index is 233. The highest BCUT2D eigenvalue weighted by atomic mass is 16.5. The molecule has 1 aliphatic heterocycles. The highest BCUT2D eigenvalue weighted by Gasteiger charge is 2.32. The topological polar surface area (TPSA) is 41.8 Å². The maximum atomic E-state index is 9.86. The summed E-state index contributed by atoms with van der Waals surface area (Å²) in [6, 6.07) is 0. The van der Waals surface area contributed by atoms with Crippen molar-refractivity contribution in [3.05, 3.63) is 0 Å². The first-order chi connectivity index (χ1) is 6.33. The van der Waals surface area contributed by atoms with E-state index in [1.807, 2.05) is 34.6 Å². The highest BCUT2D eigenvalue weighted by Crippen LogP contribution is 2.23. The van der Waals surface area contributed by atoms with Crippen molar-refractivity contribution in [2.45, 2.75) is 46.3 Å². The largest absolute Gasteiger partial charge is 0.478 e. The molecular weight excluding hydrogens is 178 g/mol. The lowest BCUT2D eigenvalue weighted by Crippen LogP contribution is -2.30. The molecule has 14 heavy (non-hydrogen) atoms. The monoisotopic (exact) mass is 199 g/mol. The van der Waals surface area contributed by atoms with Crippen molar-refractivity contribution in [2.75, 3.05) is 6.61 Å². The van der Waals surface area contributed by atoms with E-state index >= 15 is 0 Å². The van der Waals surface area contributed by atoms with Gasteiger partial charge in [-0.1, -0.05) is 20.8 Å². The molecule has 0 bridgehead atoms. The average Bonchev–Trinajstić information content (AvgIpc) is 2.43. The third-order valence-corrected chi connectivity index (χ3v) is 2.57. The molecule has 3 heteroatoms. The predicted molar refractivity (Wildman–Crippen MR) is 57.5 cm³/mol. The predicted octanol–water partition coefficient (Wildman–Crippen LogP) is 1.85. The number of aliphatic imine (C=N–C) groups is 1. The molecule has 2 atom stereocenters. The molecule has 0 spiro atoms.